The molecule has 2 aliphatic rings. The quantitative estimate of drug-likeness (QED) is 0.891. The number of fused-ring (bicyclic) bond motifs is 1. The number of hydrogen-bond donors (Lipinski definition) is 1. The summed E-state index contributed by atoms with van der Waals surface area (Å²) in [5.41, 5.74) is 3.60. The summed E-state index contributed by atoms with van der Waals surface area (Å²) in [6, 6.07) is 12.1. The van der Waals surface area contributed by atoms with Gasteiger partial charge in [-0.2, -0.15) is 0 Å². The molecule has 1 amide bonds. The Bertz CT molecular complexity index is 852. The van der Waals surface area contributed by atoms with Crippen molar-refractivity contribution in [1.82, 2.24) is 14.8 Å². The maximum atomic E-state index is 13.1. The van der Waals surface area contributed by atoms with E-state index in [1.54, 1.807) is 11.1 Å². The van der Waals surface area contributed by atoms with E-state index in [1.807, 2.05) is 38.4 Å². The molecule has 2 heterocycles. The minimum absolute atomic E-state index is 0.0275. The Morgan fingerprint density at radius 3 is 2.68 bits per heavy atom. The number of carbonyl (C=O) groups excluding carboxylic acids is 1. The molecule has 5 heteroatoms. The predicted octanol–water partition coefficient (Wildman–Crippen LogP) is 2.62. The summed E-state index contributed by atoms with van der Waals surface area (Å²) in [5, 5.41) is 11.2. The molecule has 1 aliphatic heterocycles. The van der Waals surface area contributed by atoms with Gasteiger partial charge in [0.1, 0.15) is 0 Å². The predicted molar refractivity (Wildman–Crippen MR) is 109 cm³/mol. The summed E-state index contributed by atoms with van der Waals surface area (Å²) in [5.74, 6) is -0.0275. The van der Waals surface area contributed by atoms with Crippen LogP contribution in [0.4, 0.5) is 0 Å². The van der Waals surface area contributed by atoms with E-state index in [0.29, 0.717) is 25.1 Å². The summed E-state index contributed by atoms with van der Waals surface area (Å²) in [7, 11) is 4.00. The first kappa shape index (κ1) is 19.1. The topological polar surface area (TPSA) is 56.7 Å². The second-order valence-electron chi connectivity index (χ2n) is 8.24. The van der Waals surface area contributed by atoms with E-state index in [1.165, 1.54) is 12.0 Å². The number of aromatic nitrogens is 1. The Morgan fingerprint density at radius 2 is 1.96 bits per heavy atom. The van der Waals surface area contributed by atoms with Crippen LogP contribution in [0.2, 0.25) is 0 Å². The zero-order valence-electron chi connectivity index (χ0n) is 16.8. The number of pyridine rings is 1. The lowest BCUT2D eigenvalue weighted by Crippen LogP contribution is -2.60. The van der Waals surface area contributed by atoms with Gasteiger partial charge in [0.05, 0.1) is 17.2 Å². The summed E-state index contributed by atoms with van der Waals surface area (Å²) in [6.45, 7) is 0.934. The van der Waals surface area contributed by atoms with Gasteiger partial charge in [0.25, 0.3) is 5.91 Å². The second kappa shape index (κ2) is 7.64. The first-order chi connectivity index (χ1) is 13.5. The second-order valence-corrected chi connectivity index (χ2v) is 8.24. The maximum absolute atomic E-state index is 13.1. The van der Waals surface area contributed by atoms with Crippen LogP contribution in [-0.2, 0) is 18.4 Å². The molecule has 1 N–H and O–H groups in total. The minimum atomic E-state index is -0.659. The highest BCUT2D eigenvalue weighted by atomic mass is 16.3. The van der Waals surface area contributed by atoms with Gasteiger partial charge in [-0.05, 0) is 63.4 Å². The SMILES string of the molecule is CN(C)[C@]1(c2ccccc2)CCN(C(=O)c2cnc3c(c2)CCCC3)C[C@H]1O. The van der Waals surface area contributed by atoms with Gasteiger partial charge in [0.15, 0.2) is 0 Å². The highest BCUT2D eigenvalue weighted by Crippen LogP contribution is 2.38. The average molecular weight is 380 g/mol. The van der Waals surface area contributed by atoms with Gasteiger partial charge in [-0.25, -0.2) is 0 Å². The van der Waals surface area contributed by atoms with Crippen LogP contribution in [0.1, 0.15) is 46.4 Å². The minimum Gasteiger partial charge on any atom is -0.389 e. The van der Waals surface area contributed by atoms with Crippen molar-refractivity contribution in [3.05, 3.63) is 65.0 Å². The molecule has 5 nitrogen and oxygen atoms in total. The van der Waals surface area contributed by atoms with Crippen LogP contribution in [0.5, 0.6) is 0 Å². The number of aliphatic hydroxyl groups is 1. The number of rotatable bonds is 3. The van der Waals surface area contributed by atoms with Crippen LogP contribution >= 0.6 is 0 Å². The van der Waals surface area contributed by atoms with Crippen molar-refractivity contribution in [2.75, 3.05) is 27.2 Å². The molecule has 0 unspecified atom stereocenters. The number of hydrogen-bond acceptors (Lipinski definition) is 4. The zero-order chi connectivity index (χ0) is 19.7. The normalized spacial score (nSPS) is 24.9. The largest absolute Gasteiger partial charge is 0.389 e. The fourth-order valence-electron chi connectivity index (χ4n) is 4.84. The lowest BCUT2D eigenvalue weighted by atomic mass is 9.77. The van der Waals surface area contributed by atoms with E-state index in [4.69, 9.17) is 0 Å². The van der Waals surface area contributed by atoms with Crippen molar-refractivity contribution in [3.63, 3.8) is 0 Å². The number of aryl methyl sites for hydroxylation is 2. The number of piperidine rings is 1. The summed E-state index contributed by atoms with van der Waals surface area (Å²) >= 11 is 0. The van der Waals surface area contributed by atoms with Crippen molar-refractivity contribution in [1.29, 1.82) is 0 Å². The van der Waals surface area contributed by atoms with Crippen LogP contribution in [0, 0.1) is 0 Å². The number of amides is 1. The van der Waals surface area contributed by atoms with Gasteiger partial charge in [-0.15, -0.1) is 0 Å². The molecule has 0 bridgehead atoms. The van der Waals surface area contributed by atoms with Crippen molar-refractivity contribution >= 4 is 5.91 Å². The molecule has 0 spiro atoms. The Kier molecular flexibility index (Phi) is 5.21. The van der Waals surface area contributed by atoms with Crippen molar-refractivity contribution in [3.8, 4) is 0 Å². The monoisotopic (exact) mass is 379 g/mol. The lowest BCUT2D eigenvalue weighted by Gasteiger charge is -2.49. The van der Waals surface area contributed by atoms with Gasteiger partial charge in [-0.1, -0.05) is 30.3 Å². The number of likely N-dealkylation sites (tertiary alicyclic amines) is 1. The summed E-state index contributed by atoms with van der Waals surface area (Å²) in [6.07, 6.45) is 6.10. The molecule has 1 saturated heterocycles. The van der Waals surface area contributed by atoms with E-state index in [9.17, 15) is 9.90 Å². The van der Waals surface area contributed by atoms with Crippen molar-refractivity contribution in [2.45, 2.75) is 43.7 Å². The smallest absolute Gasteiger partial charge is 0.255 e. The molecular formula is C23H29N3O2. The van der Waals surface area contributed by atoms with Crippen molar-refractivity contribution < 1.29 is 9.90 Å². The van der Waals surface area contributed by atoms with E-state index in [-0.39, 0.29) is 5.91 Å². The van der Waals surface area contributed by atoms with E-state index >= 15 is 0 Å². The Morgan fingerprint density at radius 1 is 1.21 bits per heavy atom. The molecular weight excluding hydrogens is 350 g/mol. The molecule has 1 fully saturated rings. The summed E-state index contributed by atoms with van der Waals surface area (Å²) < 4.78 is 0. The Hall–Kier alpha value is -2.24. The van der Waals surface area contributed by atoms with Crippen LogP contribution in [0.3, 0.4) is 0 Å². The molecule has 28 heavy (non-hydrogen) atoms. The number of aliphatic hydroxyl groups excluding tert-OH is 1. The van der Waals surface area contributed by atoms with Gasteiger partial charge >= 0.3 is 0 Å². The van der Waals surface area contributed by atoms with Gasteiger partial charge in [-0.3, -0.25) is 14.7 Å². The fraction of sp³-hybridized carbons (Fsp3) is 0.478. The van der Waals surface area contributed by atoms with Crippen LogP contribution in [0.25, 0.3) is 0 Å². The van der Waals surface area contributed by atoms with Crippen molar-refractivity contribution in [2.24, 2.45) is 0 Å². The highest BCUT2D eigenvalue weighted by Gasteiger charge is 2.46. The third-order valence-electron chi connectivity index (χ3n) is 6.48. The maximum Gasteiger partial charge on any atom is 0.255 e. The lowest BCUT2D eigenvalue weighted by molar-refractivity contribution is -0.0612. The average Bonchev–Trinajstić information content (AvgIpc) is 2.73. The number of likely N-dealkylation sites (N-methyl/N-ethyl adjacent to an activating group) is 1. The molecule has 4 rings (SSSR count). The van der Waals surface area contributed by atoms with Gasteiger partial charge in [0, 0.05) is 25.0 Å². The van der Waals surface area contributed by atoms with Crippen LogP contribution < -0.4 is 0 Å². The fourth-order valence-corrected chi connectivity index (χ4v) is 4.84. The van der Waals surface area contributed by atoms with E-state index < -0.39 is 11.6 Å². The molecule has 0 radical (unpaired) electrons. The molecule has 1 aromatic carbocycles. The Labute approximate surface area is 167 Å². The standard InChI is InChI=1S/C23H29N3O2/c1-25(2)23(19-9-4-3-5-10-19)12-13-26(16-21(23)27)22(28)18-14-17-8-6-7-11-20(17)24-15-18/h3-5,9-10,14-15,21,27H,6-8,11-13,16H2,1-2H3/t21-,23+/m1/s1. The third-order valence-corrected chi connectivity index (χ3v) is 6.48. The molecule has 2 atom stereocenters. The van der Waals surface area contributed by atoms with Crippen LogP contribution in [0.15, 0.2) is 42.6 Å². The van der Waals surface area contributed by atoms with Gasteiger partial charge in [0.2, 0.25) is 0 Å². The first-order valence-electron chi connectivity index (χ1n) is 10.2. The Balaban J connectivity index is 1.56. The number of carbonyl (C=O) groups is 1. The molecule has 0 saturated carbocycles. The van der Waals surface area contributed by atoms with Crippen LogP contribution in [-0.4, -0.2) is 59.1 Å². The summed E-state index contributed by atoms with van der Waals surface area (Å²) in [4.78, 5) is 21.5. The molecule has 1 aliphatic carbocycles. The van der Waals surface area contributed by atoms with E-state index in [2.05, 4.69) is 22.0 Å². The number of nitrogens with zero attached hydrogens (tertiary/aromatic N) is 3. The van der Waals surface area contributed by atoms with Gasteiger partial charge < -0.3 is 10.0 Å². The third kappa shape index (κ3) is 3.23. The number of benzene rings is 1. The molecule has 2 aromatic rings. The highest BCUT2D eigenvalue weighted by molar-refractivity contribution is 5.94. The zero-order valence-corrected chi connectivity index (χ0v) is 16.8. The molecule has 148 valence electrons. The molecule has 1 aromatic heterocycles. The van der Waals surface area contributed by atoms with E-state index in [0.717, 1.165) is 30.5 Å². The number of β-amino-alcohol motifs (C(OH)–C–C–N with tert-alkyl or cyclic N) is 1. The first-order valence-corrected chi connectivity index (χ1v) is 10.2.